The fraction of sp³-hybridized carbons (Fsp3) is 0.556. The number of thioether (sulfide) groups is 1. The van der Waals surface area contributed by atoms with Gasteiger partial charge in [-0.05, 0) is 83.3 Å². The van der Waals surface area contributed by atoms with Gasteiger partial charge in [0.15, 0.2) is 11.5 Å². The van der Waals surface area contributed by atoms with Gasteiger partial charge in [0.25, 0.3) is 11.5 Å². The largest absolute Gasteiger partial charge is 0.484 e. The first-order valence-electron chi connectivity index (χ1n) is 12.8. The highest BCUT2D eigenvalue weighted by Gasteiger charge is 2.36. The molecule has 1 aliphatic carbocycles. The molecular weight excluding hydrogens is 498 g/mol. The zero-order valence-electron chi connectivity index (χ0n) is 21.1. The van der Waals surface area contributed by atoms with Crippen molar-refractivity contribution in [1.29, 1.82) is 0 Å². The number of hydrogen-bond donors (Lipinski definition) is 2. The molecular formula is C27H34ClN3O4S. The third-order valence-corrected chi connectivity index (χ3v) is 8.98. The van der Waals surface area contributed by atoms with E-state index in [2.05, 4.69) is 15.2 Å². The zero-order valence-corrected chi connectivity index (χ0v) is 22.7. The lowest BCUT2D eigenvalue weighted by Gasteiger charge is -2.43. The van der Waals surface area contributed by atoms with Crippen molar-refractivity contribution in [1.82, 2.24) is 15.2 Å². The number of nitrogens with zero attached hydrogens (tertiary/aromatic N) is 1. The van der Waals surface area contributed by atoms with E-state index in [0.717, 1.165) is 23.4 Å². The Kier molecular flexibility index (Phi) is 7.56. The minimum absolute atomic E-state index is 0.0434. The number of halogens is 1. The predicted molar refractivity (Wildman–Crippen MR) is 143 cm³/mol. The maximum Gasteiger partial charge on any atom is 0.254 e. The quantitative estimate of drug-likeness (QED) is 0.526. The lowest BCUT2D eigenvalue weighted by Crippen LogP contribution is -2.48. The van der Waals surface area contributed by atoms with Gasteiger partial charge < -0.3 is 24.7 Å². The molecule has 1 aromatic heterocycles. The van der Waals surface area contributed by atoms with Crippen molar-refractivity contribution < 1.29 is 14.3 Å². The van der Waals surface area contributed by atoms with E-state index < -0.39 is 0 Å². The van der Waals surface area contributed by atoms with Crippen LogP contribution in [0.2, 0.25) is 5.02 Å². The Hall–Kier alpha value is -2.16. The first-order valence-corrected chi connectivity index (χ1v) is 14.4. The van der Waals surface area contributed by atoms with Crippen LogP contribution in [0.25, 0.3) is 0 Å². The Labute approximate surface area is 221 Å². The second-order valence-electron chi connectivity index (χ2n) is 10.1. The zero-order chi connectivity index (χ0) is 25.4. The molecule has 1 aromatic carbocycles. The van der Waals surface area contributed by atoms with E-state index in [1.807, 2.05) is 26.2 Å². The normalized spacial score (nSPS) is 23.7. The third kappa shape index (κ3) is 5.00. The number of pyridine rings is 1. The van der Waals surface area contributed by atoms with Crippen LogP contribution >= 0.6 is 23.4 Å². The number of aromatic amines is 1. The SMILES string of the molecule is CSc1cc(C)[nH]c(=O)c1CNC(=O)c1cc(Cl)c2c(c1C)O[C@@H]([C@H]1CC[C@@H](N3CCC3)CC1)CO2. The monoisotopic (exact) mass is 531 g/mol. The number of benzene rings is 1. The van der Waals surface area contributed by atoms with Gasteiger partial charge in [0.05, 0.1) is 5.02 Å². The predicted octanol–water partition coefficient (Wildman–Crippen LogP) is 4.70. The Morgan fingerprint density at radius 3 is 2.61 bits per heavy atom. The van der Waals surface area contributed by atoms with Crippen molar-refractivity contribution in [2.24, 2.45) is 5.92 Å². The van der Waals surface area contributed by atoms with E-state index in [-0.39, 0.29) is 24.1 Å². The van der Waals surface area contributed by atoms with Crippen molar-refractivity contribution in [2.75, 3.05) is 26.0 Å². The standard InChI is InChI=1S/C27H34ClN3O4S/c1-15-11-23(36-3)20(27(33)30-15)13-29-26(32)19-12-21(28)25-24(16(19)2)35-22(14-34-25)17-5-7-18(8-6-17)31-9-4-10-31/h11-12,17-18,22H,4-10,13-14H2,1-3H3,(H,29,32)(H,30,33)/t17-,18+,22-/m1/s1. The van der Waals surface area contributed by atoms with Crippen LogP contribution in [-0.4, -0.2) is 53.9 Å². The van der Waals surface area contributed by atoms with Gasteiger partial charge in [0, 0.05) is 39.9 Å². The molecule has 0 radical (unpaired) electrons. The van der Waals surface area contributed by atoms with E-state index in [1.165, 1.54) is 44.1 Å². The van der Waals surface area contributed by atoms with Crippen LogP contribution in [0.3, 0.4) is 0 Å². The highest BCUT2D eigenvalue weighted by Crippen LogP contribution is 2.45. The molecule has 36 heavy (non-hydrogen) atoms. The number of nitrogens with one attached hydrogen (secondary N) is 2. The maximum atomic E-state index is 13.2. The summed E-state index contributed by atoms with van der Waals surface area (Å²) in [5, 5.41) is 3.25. The number of likely N-dealkylation sites (tertiary alicyclic amines) is 1. The number of carbonyl (C=O) groups is 1. The van der Waals surface area contributed by atoms with Crippen LogP contribution in [0.5, 0.6) is 11.5 Å². The number of H-pyrrole nitrogens is 1. The molecule has 5 rings (SSSR count). The van der Waals surface area contributed by atoms with Gasteiger partial charge in [-0.15, -0.1) is 11.8 Å². The van der Waals surface area contributed by atoms with Crippen LogP contribution < -0.4 is 20.3 Å². The van der Waals surface area contributed by atoms with Crippen LogP contribution in [-0.2, 0) is 6.54 Å². The van der Waals surface area contributed by atoms with E-state index in [9.17, 15) is 9.59 Å². The Morgan fingerprint density at radius 1 is 1.19 bits per heavy atom. The number of fused-ring (bicyclic) bond motifs is 1. The Morgan fingerprint density at radius 2 is 1.94 bits per heavy atom. The number of hydrogen-bond acceptors (Lipinski definition) is 6. The summed E-state index contributed by atoms with van der Waals surface area (Å²) in [5.74, 6) is 1.21. The minimum Gasteiger partial charge on any atom is -0.484 e. The van der Waals surface area contributed by atoms with Crippen LogP contribution in [0.15, 0.2) is 21.8 Å². The van der Waals surface area contributed by atoms with Gasteiger partial charge in [-0.25, -0.2) is 0 Å². The Balaban J connectivity index is 1.29. The molecule has 2 aromatic rings. The van der Waals surface area contributed by atoms with Crippen LogP contribution in [0.4, 0.5) is 0 Å². The summed E-state index contributed by atoms with van der Waals surface area (Å²) < 4.78 is 12.6. The van der Waals surface area contributed by atoms with Crippen molar-refractivity contribution in [3.63, 3.8) is 0 Å². The fourth-order valence-electron chi connectivity index (χ4n) is 5.64. The molecule has 0 unspecified atom stereocenters. The number of amides is 1. The fourth-order valence-corrected chi connectivity index (χ4v) is 6.60. The number of aryl methyl sites for hydroxylation is 1. The van der Waals surface area contributed by atoms with E-state index in [4.69, 9.17) is 21.1 Å². The second-order valence-corrected chi connectivity index (χ2v) is 11.4. The average Bonchev–Trinajstić information content (AvgIpc) is 2.84. The highest BCUT2D eigenvalue weighted by atomic mass is 35.5. The van der Waals surface area contributed by atoms with E-state index in [0.29, 0.717) is 51.8 Å². The van der Waals surface area contributed by atoms with Gasteiger partial charge in [-0.1, -0.05) is 11.6 Å². The first-order chi connectivity index (χ1) is 17.4. The molecule has 1 saturated heterocycles. The molecule has 1 saturated carbocycles. The van der Waals surface area contributed by atoms with Gasteiger partial charge in [-0.3, -0.25) is 9.59 Å². The molecule has 3 aliphatic rings. The molecule has 9 heteroatoms. The van der Waals surface area contributed by atoms with Crippen molar-refractivity contribution in [3.8, 4) is 11.5 Å². The van der Waals surface area contributed by atoms with Gasteiger partial charge in [0.2, 0.25) is 0 Å². The molecule has 194 valence electrons. The summed E-state index contributed by atoms with van der Waals surface area (Å²) in [4.78, 5) is 31.9. The number of carbonyl (C=O) groups excluding carboxylic acids is 1. The molecule has 7 nitrogen and oxygen atoms in total. The van der Waals surface area contributed by atoms with E-state index >= 15 is 0 Å². The summed E-state index contributed by atoms with van der Waals surface area (Å²) >= 11 is 8.02. The first kappa shape index (κ1) is 25.5. The van der Waals surface area contributed by atoms with Crippen molar-refractivity contribution in [3.05, 3.63) is 49.9 Å². The van der Waals surface area contributed by atoms with Crippen LogP contribution in [0.1, 0.15) is 59.3 Å². The second kappa shape index (κ2) is 10.7. The highest BCUT2D eigenvalue weighted by molar-refractivity contribution is 7.98. The molecule has 2 fully saturated rings. The van der Waals surface area contributed by atoms with Crippen molar-refractivity contribution in [2.45, 2.75) is 69.5 Å². The molecule has 2 aliphatic heterocycles. The third-order valence-electron chi connectivity index (χ3n) is 7.89. The van der Waals surface area contributed by atoms with Crippen LogP contribution in [0, 0.1) is 19.8 Å². The summed E-state index contributed by atoms with van der Waals surface area (Å²) in [6, 6.07) is 4.25. The van der Waals surface area contributed by atoms with Gasteiger partial charge in [-0.2, -0.15) is 0 Å². The number of aromatic nitrogens is 1. The van der Waals surface area contributed by atoms with Crippen molar-refractivity contribution >= 4 is 29.3 Å². The molecule has 0 spiro atoms. The molecule has 0 bridgehead atoms. The van der Waals surface area contributed by atoms with Gasteiger partial charge >= 0.3 is 0 Å². The smallest absolute Gasteiger partial charge is 0.254 e. The molecule has 1 atom stereocenters. The number of rotatable bonds is 6. The Bertz CT molecular complexity index is 1200. The lowest BCUT2D eigenvalue weighted by atomic mass is 9.81. The van der Waals surface area contributed by atoms with E-state index in [1.54, 1.807) is 6.07 Å². The maximum absolute atomic E-state index is 13.2. The lowest BCUT2D eigenvalue weighted by molar-refractivity contribution is 0.0105. The topological polar surface area (TPSA) is 83.7 Å². The summed E-state index contributed by atoms with van der Waals surface area (Å²) in [7, 11) is 0. The summed E-state index contributed by atoms with van der Waals surface area (Å²) in [6.07, 6.45) is 7.86. The summed E-state index contributed by atoms with van der Waals surface area (Å²) in [5.41, 5.74) is 2.27. The van der Waals surface area contributed by atoms with Gasteiger partial charge in [0.1, 0.15) is 12.7 Å². The molecule has 2 N–H and O–H groups in total. The molecule has 1 amide bonds. The minimum atomic E-state index is -0.301. The summed E-state index contributed by atoms with van der Waals surface area (Å²) in [6.45, 7) is 6.79. The number of ether oxygens (including phenoxy) is 2. The molecule has 3 heterocycles. The average molecular weight is 532 g/mol.